The van der Waals surface area contributed by atoms with Gasteiger partial charge in [0.1, 0.15) is 5.75 Å². The van der Waals surface area contributed by atoms with Gasteiger partial charge >= 0.3 is 0 Å². The largest absolute Gasteiger partial charge is 0.479 e. The Morgan fingerprint density at radius 1 is 1.03 bits per heavy atom. The molecule has 1 aromatic heterocycles. The van der Waals surface area contributed by atoms with E-state index in [0.29, 0.717) is 22.3 Å². The summed E-state index contributed by atoms with van der Waals surface area (Å²) in [6, 6.07) is 24.9. The molecule has 0 fully saturated rings. The van der Waals surface area contributed by atoms with Crippen LogP contribution in [0.25, 0.3) is 11.3 Å². The molecule has 0 unspecified atom stereocenters. The molecule has 2 heterocycles. The van der Waals surface area contributed by atoms with Crippen LogP contribution in [0.4, 0.5) is 10.8 Å². The number of ether oxygens (including phenoxy) is 1. The highest BCUT2D eigenvalue weighted by Gasteiger charge is 2.25. The molecule has 2 N–H and O–H groups in total. The second-order valence-corrected chi connectivity index (χ2v) is 8.60. The van der Waals surface area contributed by atoms with Gasteiger partial charge in [-0.15, -0.1) is 11.3 Å². The van der Waals surface area contributed by atoms with E-state index >= 15 is 0 Å². The maximum atomic E-state index is 13.3. The molecule has 1 aliphatic heterocycles. The normalized spacial score (nSPS) is 14.8. The Morgan fingerprint density at radius 2 is 1.70 bits per heavy atom. The van der Waals surface area contributed by atoms with Gasteiger partial charge in [-0.25, -0.2) is 4.98 Å². The van der Waals surface area contributed by atoms with Crippen molar-refractivity contribution in [2.75, 3.05) is 10.6 Å². The number of hydrogen-bond acceptors (Lipinski definition) is 5. The fraction of sp³-hybridized carbons (Fsp3) is 0.115. The Bertz CT molecular complexity index is 1270. The number of anilines is 2. The molecule has 3 aromatic carbocycles. The number of benzene rings is 3. The van der Waals surface area contributed by atoms with Gasteiger partial charge in [-0.3, -0.25) is 9.59 Å². The van der Waals surface area contributed by atoms with Gasteiger partial charge in [0.05, 0.1) is 17.3 Å². The van der Waals surface area contributed by atoms with Gasteiger partial charge in [0.25, 0.3) is 5.91 Å². The molecule has 2 amide bonds. The molecular formula is C26H21N3O3S. The zero-order valence-electron chi connectivity index (χ0n) is 17.8. The second kappa shape index (κ2) is 8.88. The molecule has 1 aliphatic rings. The first-order valence-corrected chi connectivity index (χ1v) is 11.4. The zero-order valence-corrected chi connectivity index (χ0v) is 18.6. The summed E-state index contributed by atoms with van der Waals surface area (Å²) in [5.41, 5.74) is 3.98. The Hall–Kier alpha value is -3.97. The zero-order chi connectivity index (χ0) is 22.8. The van der Waals surface area contributed by atoms with Gasteiger partial charge in [-0.1, -0.05) is 60.7 Å². The molecule has 0 bridgehead atoms. The predicted octanol–water partition coefficient (Wildman–Crippen LogP) is 5.30. The Kier molecular flexibility index (Phi) is 5.62. The highest BCUT2D eigenvalue weighted by atomic mass is 32.1. The van der Waals surface area contributed by atoms with Gasteiger partial charge in [0, 0.05) is 10.9 Å². The summed E-state index contributed by atoms with van der Waals surface area (Å²) in [5.74, 6) is -0.145. The lowest BCUT2D eigenvalue weighted by Gasteiger charge is -2.23. The van der Waals surface area contributed by atoms with E-state index in [4.69, 9.17) is 4.74 Å². The van der Waals surface area contributed by atoms with Crippen LogP contribution < -0.4 is 15.4 Å². The van der Waals surface area contributed by atoms with Crippen molar-refractivity contribution in [1.82, 2.24) is 4.98 Å². The average molecular weight is 456 g/mol. The molecule has 0 aliphatic carbocycles. The Labute approximate surface area is 195 Å². The minimum atomic E-state index is -0.522. The third kappa shape index (κ3) is 4.36. The van der Waals surface area contributed by atoms with Crippen molar-refractivity contribution in [2.24, 2.45) is 0 Å². The van der Waals surface area contributed by atoms with Crippen LogP contribution in [0, 0.1) is 0 Å². The molecule has 4 aromatic rings. The fourth-order valence-electron chi connectivity index (χ4n) is 3.80. The molecule has 6 nitrogen and oxygen atoms in total. The smallest absolute Gasteiger partial charge is 0.265 e. The number of hydrogen-bond donors (Lipinski definition) is 2. The first-order valence-electron chi connectivity index (χ1n) is 10.6. The van der Waals surface area contributed by atoms with Crippen molar-refractivity contribution in [3.8, 4) is 17.0 Å². The molecule has 1 atom stereocenters. The summed E-state index contributed by atoms with van der Waals surface area (Å²) < 4.78 is 5.62. The number of nitrogens with zero attached hydrogens (tertiary/aromatic N) is 1. The number of carbonyl (C=O) groups excluding carboxylic acids is 2. The molecule has 0 spiro atoms. The minimum absolute atomic E-state index is 0.145. The van der Waals surface area contributed by atoms with Crippen molar-refractivity contribution in [1.29, 1.82) is 0 Å². The number of aromatic nitrogens is 1. The standard InChI is InChI=1S/C26H21N3O3S/c1-16-24(30)27-20-14-19(12-13-22(20)32-16)21-15-33-26(28-21)29-25(31)23(17-8-4-2-5-9-17)18-10-6-3-7-11-18/h2-16,23H,1H3,(H,27,30)(H,28,29,31)/t16-/m0/s1. The van der Waals surface area contributed by atoms with Crippen molar-refractivity contribution in [3.63, 3.8) is 0 Å². The van der Waals surface area contributed by atoms with E-state index in [0.717, 1.165) is 16.7 Å². The topological polar surface area (TPSA) is 80.3 Å². The summed E-state index contributed by atoms with van der Waals surface area (Å²) in [6.45, 7) is 1.71. The lowest BCUT2D eigenvalue weighted by atomic mass is 9.90. The summed E-state index contributed by atoms with van der Waals surface area (Å²) >= 11 is 1.36. The molecular weight excluding hydrogens is 434 g/mol. The van der Waals surface area contributed by atoms with E-state index in [1.165, 1.54) is 11.3 Å². The van der Waals surface area contributed by atoms with E-state index < -0.39 is 12.0 Å². The Morgan fingerprint density at radius 3 is 2.36 bits per heavy atom. The van der Waals surface area contributed by atoms with E-state index in [1.54, 1.807) is 6.92 Å². The second-order valence-electron chi connectivity index (χ2n) is 7.74. The monoisotopic (exact) mass is 455 g/mol. The van der Waals surface area contributed by atoms with Gasteiger partial charge < -0.3 is 15.4 Å². The van der Waals surface area contributed by atoms with Crippen LogP contribution in [0.5, 0.6) is 5.75 Å². The van der Waals surface area contributed by atoms with Gasteiger partial charge in [0.2, 0.25) is 5.91 Å². The van der Waals surface area contributed by atoms with Gasteiger partial charge in [0.15, 0.2) is 11.2 Å². The van der Waals surface area contributed by atoms with Crippen molar-refractivity contribution < 1.29 is 14.3 Å². The number of thiazole rings is 1. The summed E-state index contributed by atoms with van der Waals surface area (Å²) in [5, 5.41) is 8.22. The lowest BCUT2D eigenvalue weighted by Crippen LogP contribution is -2.34. The third-order valence-corrected chi connectivity index (χ3v) is 6.23. The van der Waals surface area contributed by atoms with Gasteiger partial charge in [-0.2, -0.15) is 0 Å². The van der Waals surface area contributed by atoms with E-state index in [-0.39, 0.29) is 11.8 Å². The van der Waals surface area contributed by atoms with Crippen molar-refractivity contribution in [2.45, 2.75) is 18.9 Å². The highest BCUT2D eigenvalue weighted by Crippen LogP contribution is 2.35. The summed E-state index contributed by atoms with van der Waals surface area (Å²) in [4.78, 5) is 29.8. The maximum Gasteiger partial charge on any atom is 0.265 e. The van der Waals surface area contributed by atoms with Crippen molar-refractivity contribution >= 4 is 34.0 Å². The molecule has 164 valence electrons. The maximum absolute atomic E-state index is 13.3. The molecule has 0 radical (unpaired) electrons. The minimum Gasteiger partial charge on any atom is -0.479 e. The fourth-order valence-corrected chi connectivity index (χ4v) is 4.52. The predicted molar refractivity (Wildman–Crippen MR) is 130 cm³/mol. The SMILES string of the molecule is C[C@@H]1Oc2ccc(-c3csc(NC(=O)C(c4ccccc4)c4ccccc4)n3)cc2NC1=O. The molecule has 5 rings (SSSR count). The quantitative estimate of drug-likeness (QED) is 0.428. The number of fused-ring (bicyclic) bond motifs is 1. The average Bonchev–Trinajstić information content (AvgIpc) is 3.29. The lowest BCUT2D eigenvalue weighted by molar-refractivity contribution is -0.122. The number of nitrogens with one attached hydrogen (secondary N) is 2. The van der Waals surface area contributed by atoms with Crippen molar-refractivity contribution in [3.05, 3.63) is 95.4 Å². The third-order valence-electron chi connectivity index (χ3n) is 5.47. The van der Waals surface area contributed by atoms with E-state index in [2.05, 4.69) is 15.6 Å². The van der Waals surface area contributed by atoms with Crippen LogP contribution >= 0.6 is 11.3 Å². The van der Waals surface area contributed by atoms with Crippen LogP contribution in [0.1, 0.15) is 24.0 Å². The van der Waals surface area contributed by atoms with Gasteiger partial charge in [-0.05, 0) is 36.2 Å². The molecule has 7 heteroatoms. The van der Waals surface area contributed by atoms with Crippen LogP contribution in [-0.4, -0.2) is 22.9 Å². The Balaban J connectivity index is 1.39. The number of carbonyl (C=O) groups is 2. The highest BCUT2D eigenvalue weighted by molar-refractivity contribution is 7.14. The van der Waals surface area contributed by atoms with Crippen LogP contribution in [0.3, 0.4) is 0 Å². The number of rotatable bonds is 5. The molecule has 0 saturated heterocycles. The first-order chi connectivity index (χ1) is 16.1. The molecule has 0 saturated carbocycles. The van der Waals surface area contributed by atoms with Crippen LogP contribution in [0.2, 0.25) is 0 Å². The molecule has 33 heavy (non-hydrogen) atoms. The summed E-state index contributed by atoms with van der Waals surface area (Å²) in [7, 11) is 0. The summed E-state index contributed by atoms with van der Waals surface area (Å²) in [6.07, 6.45) is -0.522. The van der Waals surface area contributed by atoms with Crippen LogP contribution in [0.15, 0.2) is 84.2 Å². The van der Waals surface area contributed by atoms with E-state index in [9.17, 15) is 9.59 Å². The van der Waals surface area contributed by atoms with E-state index in [1.807, 2.05) is 84.2 Å². The van der Waals surface area contributed by atoms with Crippen LogP contribution in [-0.2, 0) is 9.59 Å². The number of amides is 2. The first kappa shape index (κ1) is 20.9.